The van der Waals surface area contributed by atoms with Crippen LogP contribution < -0.4 is 15.8 Å². The molecule has 3 rings (SSSR count). The van der Waals surface area contributed by atoms with Gasteiger partial charge in [0.1, 0.15) is 0 Å². The molecular formula is C17H20N4O2. The molecule has 1 atom stereocenters. The fraction of sp³-hybridized carbons (Fsp3) is 0.353. The Morgan fingerprint density at radius 2 is 2.04 bits per heavy atom. The zero-order chi connectivity index (χ0) is 16.4. The number of amides is 1. The Balaban J connectivity index is 1.64. The van der Waals surface area contributed by atoms with Crippen LogP contribution >= 0.6 is 0 Å². The summed E-state index contributed by atoms with van der Waals surface area (Å²) in [5.74, 6) is -0.0616. The molecule has 0 bridgehead atoms. The Labute approximate surface area is 134 Å². The van der Waals surface area contributed by atoms with E-state index >= 15 is 0 Å². The van der Waals surface area contributed by atoms with Gasteiger partial charge in [0.2, 0.25) is 5.91 Å². The van der Waals surface area contributed by atoms with Crippen LogP contribution in [0.25, 0.3) is 0 Å². The smallest absolute Gasteiger partial charge is 0.268 e. The molecule has 1 saturated heterocycles. The second kappa shape index (κ2) is 6.24. The highest BCUT2D eigenvalue weighted by Crippen LogP contribution is 2.23. The number of nitrogens with zero attached hydrogens (tertiary/aromatic N) is 3. The molecular weight excluding hydrogens is 292 g/mol. The van der Waals surface area contributed by atoms with Crippen LogP contribution in [-0.2, 0) is 11.8 Å². The van der Waals surface area contributed by atoms with E-state index in [2.05, 4.69) is 10.4 Å². The number of benzene rings is 1. The maximum Gasteiger partial charge on any atom is 0.268 e. The molecule has 6 nitrogen and oxygen atoms in total. The van der Waals surface area contributed by atoms with E-state index < -0.39 is 0 Å². The number of carbonyl (C=O) groups excluding carboxylic acids is 1. The van der Waals surface area contributed by atoms with Crippen LogP contribution in [0.1, 0.15) is 12.0 Å². The minimum atomic E-state index is -0.143. The summed E-state index contributed by atoms with van der Waals surface area (Å²) in [7, 11) is 1.62. The quantitative estimate of drug-likeness (QED) is 0.934. The van der Waals surface area contributed by atoms with Crippen molar-refractivity contribution in [3.05, 3.63) is 52.4 Å². The summed E-state index contributed by atoms with van der Waals surface area (Å²) in [6.07, 6.45) is 2.44. The van der Waals surface area contributed by atoms with E-state index in [1.54, 1.807) is 19.3 Å². The van der Waals surface area contributed by atoms with Crippen molar-refractivity contribution in [3.63, 3.8) is 0 Å². The first kappa shape index (κ1) is 15.3. The Hall–Kier alpha value is -2.63. The highest BCUT2D eigenvalue weighted by Gasteiger charge is 2.28. The van der Waals surface area contributed by atoms with E-state index in [0.29, 0.717) is 6.54 Å². The predicted molar refractivity (Wildman–Crippen MR) is 89.6 cm³/mol. The van der Waals surface area contributed by atoms with Gasteiger partial charge >= 0.3 is 0 Å². The van der Waals surface area contributed by atoms with Gasteiger partial charge in [0.15, 0.2) is 0 Å². The van der Waals surface area contributed by atoms with Crippen LogP contribution in [-0.4, -0.2) is 28.8 Å². The molecule has 1 aliphatic heterocycles. The zero-order valence-electron chi connectivity index (χ0n) is 13.3. The van der Waals surface area contributed by atoms with E-state index in [0.717, 1.165) is 29.9 Å². The lowest BCUT2D eigenvalue weighted by Gasteiger charge is -2.18. The van der Waals surface area contributed by atoms with Gasteiger partial charge in [-0.05, 0) is 25.5 Å². The maximum absolute atomic E-state index is 12.4. The normalized spacial score (nSPS) is 17.3. The number of anilines is 2. The maximum atomic E-state index is 12.4. The Morgan fingerprint density at radius 3 is 2.74 bits per heavy atom. The van der Waals surface area contributed by atoms with Gasteiger partial charge in [-0.2, -0.15) is 5.10 Å². The second-order valence-electron chi connectivity index (χ2n) is 5.96. The first-order valence-electron chi connectivity index (χ1n) is 7.69. The lowest BCUT2D eigenvalue weighted by molar-refractivity contribution is -0.119. The van der Waals surface area contributed by atoms with Crippen LogP contribution in [0.4, 0.5) is 11.4 Å². The van der Waals surface area contributed by atoms with Crippen molar-refractivity contribution >= 4 is 17.3 Å². The lowest BCUT2D eigenvalue weighted by Crippen LogP contribution is -2.28. The largest absolute Gasteiger partial charge is 0.369 e. The second-order valence-corrected chi connectivity index (χ2v) is 5.96. The predicted octanol–water partition coefficient (Wildman–Crippen LogP) is 1.55. The van der Waals surface area contributed by atoms with Crippen LogP contribution in [0.2, 0.25) is 0 Å². The van der Waals surface area contributed by atoms with E-state index in [-0.39, 0.29) is 17.4 Å². The molecule has 1 N–H and O–H groups in total. The van der Waals surface area contributed by atoms with Gasteiger partial charge < -0.3 is 10.2 Å². The van der Waals surface area contributed by atoms with Crippen molar-refractivity contribution in [1.29, 1.82) is 0 Å². The molecule has 1 fully saturated rings. The Kier molecular flexibility index (Phi) is 4.14. The monoisotopic (exact) mass is 312 g/mol. The minimum absolute atomic E-state index is 0.0214. The molecule has 0 aliphatic carbocycles. The van der Waals surface area contributed by atoms with E-state index in [4.69, 9.17) is 0 Å². The summed E-state index contributed by atoms with van der Waals surface area (Å²) in [4.78, 5) is 26.1. The topological polar surface area (TPSA) is 67.2 Å². The van der Waals surface area contributed by atoms with Crippen molar-refractivity contribution in [1.82, 2.24) is 9.78 Å². The third-order valence-corrected chi connectivity index (χ3v) is 4.20. The average molecular weight is 312 g/mol. The molecule has 1 aromatic carbocycles. The lowest BCUT2D eigenvalue weighted by atomic mass is 10.1. The van der Waals surface area contributed by atoms with E-state index in [1.165, 1.54) is 4.68 Å². The van der Waals surface area contributed by atoms with Gasteiger partial charge in [0.25, 0.3) is 5.56 Å². The van der Waals surface area contributed by atoms with Crippen LogP contribution in [0.3, 0.4) is 0 Å². The summed E-state index contributed by atoms with van der Waals surface area (Å²) in [6, 6.07) is 9.33. The SMILES string of the molecule is Cc1ccc(NC(=O)C2CCN(c3cnn(C)c(=O)c3)C2)cc1. The highest BCUT2D eigenvalue weighted by atomic mass is 16.2. The zero-order valence-corrected chi connectivity index (χ0v) is 13.3. The van der Waals surface area contributed by atoms with Crippen molar-refractivity contribution in [2.75, 3.05) is 23.3 Å². The van der Waals surface area contributed by atoms with Gasteiger partial charge in [-0.3, -0.25) is 9.59 Å². The Morgan fingerprint density at radius 1 is 1.30 bits per heavy atom. The van der Waals surface area contributed by atoms with Gasteiger partial charge in [-0.1, -0.05) is 17.7 Å². The molecule has 0 spiro atoms. The van der Waals surface area contributed by atoms with Crippen LogP contribution in [0, 0.1) is 12.8 Å². The van der Waals surface area contributed by atoms with E-state index in [9.17, 15) is 9.59 Å². The first-order chi connectivity index (χ1) is 11.0. The molecule has 120 valence electrons. The number of hydrogen-bond donors (Lipinski definition) is 1. The minimum Gasteiger partial charge on any atom is -0.369 e. The molecule has 0 saturated carbocycles. The molecule has 6 heteroatoms. The van der Waals surface area contributed by atoms with Crippen LogP contribution in [0.5, 0.6) is 0 Å². The van der Waals surface area contributed by atoms with E-state index in [1.807, 2.05) is 36.1 Å². The van der Waals surface area contributed by atoms with Gasteiger partial charge in [-0.15, -0.1) is 0 Å². The van der Waals surface area contributed by atoms with Gasteiger partial charge in [-0.25, -0.2) is 4.68 Å². The van der Waals surface area contributed by atoms with Gasteiger partial charge in [0, 0.05) is 31.9 Å². The molecule has 23 heavy (non-hydrogen) atoms. The summed E-state index contributed by atoms with van der Waals surface area (Å²) < 4.78 is 1.29. The molecule has 1 amide bonds. The average Bonchev–Trinajstić information content (AvgIpc) is 3.02. The number of hydrogen-bond acceptors (Lipinski definition) is 4. The van der Waals surface area contributed by atoms with Crippen molar-refractivity contribution in [3.8, 4) is 0 Å². The van der Waals surface area contributed by atoms with Crippen molar-refractivity contribution in [2.45, 2.75) is 13.3 Å². The molecule has 2 heterocycles. The molecule has 2 aromatic rings. The molecule has 1 aromatic heterocycles. The van der Waals surface area contributed by atoms with Crippen molar-refractivity contribution in [2.24, 2.45) is 13.0 Å². The number of carbonyl (C=O) groups is 1. The molecule has 1 aliphatic rings. The van der Waals surface area contributed by atoms with Crippen LogP contribution in [0.15, 0.2) is 41.3 Å². The number of rotatable bonds is 3. The third-order valence-electron chi connectivity index (χ3n) is 4.20. The Bertz CT molecular complexity index is 767. The fourth-order valence-corrected chi connectivity index (χ4v) is 2.72. The highest BCUT2D eigenvalue weighted by molar-refractivity contribution is 5.93. The number of aryl methyl sites for hydroxylation is 2. The summed E-state index contributed by atoms with van der Waals surface area (Å²) in [5, 5.41) is 6.99. The standard InChI is InChI=1S/C17H20N4O2/c1-12-3-5-14(6-4-12)19-17(23)13-7-8-21(11-13)15-9-16(22)20(2)18-10-15/h3-6,9-10,13H,7-8,11H2,1-2H3,(H,19,23). The third kappa shape index (κ3) is 3.41. The summed E-state index contributed by atoms with van der Waals surface area (Å²) >= 11 is 0. The first-order valence-corrected chi connectivity index (χ1v) is 7.69. The van der Waals surface area contributed by atoms with Gasteiger partial charge in [0.05, 0.1) is 17.8 Å². The summed E-state index contributed by atoms with van der Waals surface area (Å²) in [5.41, 5.74) is 2.61. The molecule has 0 radical (unpaired) electrons. The number of nitrogens with one attached hydrogen (secondary N) is 1. The molecule has 1 unspecified atom stereocenters. The fourth-order valence-electron chi connectivity index (χ4n) is 2.72. The summed E-state index contributed by atoms with van der Waals surface area (Å²) in [6.45, 7) is 3.37. The number of aromatic nitrogens is 2. The van der Waals surface area contributed by atoms with Crippen molar-refractivity contribution < 1.29 is 4.79 Å².